The highest BCUT2D eigenvalue weighted by Gasteiger charge is 2.53. The van der Waals surface area contributed by atoms with Crippen LogP contribution in [0.15, 0.2) is 45.6 Å². The summed E-state index contributed by atoms with van der Waals surface area (Å²) in [5.74, 6) is -1.07. The van der Waals surface area contributed by atoms with Crippen LogP contribution < -0.4 is 19.6 Å². The molecule has 10 N–H and O–H groups in total. The van der Waals surface area contributed by atoms with Crippen LogP contribution in [0.5, 0.6) is 23.0 Å². The highest BCUT2D eigenvalue weighted by molar-refractivity contribution is 5.88. The van der Waals surface area contributed by atoms with Crippen molar-refractivity contribution in [2.45, 2.75) is 66.7 Å². The van der Waals surface area contributed by atoms with Crippen molar-refractivity contribution >= 4 is 11.0 Å². The third-order valence-electron chi connectivity index (χ3n) is 8.98. The molecule has 6 rings (SSSR count). The van der Waals surface area contributed by atoms with Crippen LogP contribution >= 0.6 is 0 Å². The summed E-state index contributed by atoms with van der Waals surface area (Å²) in [5.41, 5.74) is -5.01. The quantitative estimate of drug-likeness (QED) is 0.0923. The third-order valence-corrected chi connectivity index (χ3v) is 8.98. The molecular formula is C32H38O19. The van der Waals surface area contributed by atoms with E-state index in [1.54, 1.807) is 0 Å². The SMILES string of the molecule is COc1cc(O)c2c(=O)c(OC3OCC(O)(COC4OCC(O)(CO)C4O)C3O)c(-c3ccc(OC4OC(CO)C(O)C(O)C4O)cc3)oc2c1. The number of phenolic OH excluding ortho intramolecular Hbond substituents is 1. The van der Waals surface area contributed by atoms with Gasteiger partial charge in [0.2, 0.25) is 23.8 Å². The van der Waals surface area contributed by atoms with Crippen molar-refractivity contribution in [2.75, 3.05) is 40.1 Å². The smallest absolute Gasteiger partial charge is 0.239 e. The van der Waals surface area contributed by atoms with Gasteiger partial charge in [-0.05, 0) is 24.3 Å². The second-order valence-corrected chi connectivity index (χ2v) is 12.5. The number of hydrogen-bond acceptors (Lipinski definition) is 19. The van der Waals surface area contributed by atoms with Gasteiger partial charge in [-0.25, -0.2) is 0 Å². The standard InChI is InChI=1S/C32H38O19/c1-44-15-6-16(35)19-17(7-15)49-24(13-2-4-14(5-3-13)48-28-23(39)22(38)20(36)18(8-33)50-28)25(21(19)37)51-30-27(41)32(43,12-47-30)11-46-29-26(40)31(42,9-34)10-45-29/h2-7,18,20,22-23,26-30,33-36,38-43H,8-12H2,1H3. The highest BCUT2D eigenvalue weighted by atomic mass is 16.7. The van der Waals surface area contributed by atoms with Gasteiger partial charge in [-0.15, -0.1) is 0 Å². The van der Waals surface area contributed by atoms with E-state index >= 15 is 0 Å². The van der Waals surface area contributed by atoms with E-state index in [4.69, 9.17) is 37.6 Å². The molecule has 3 aliphatic rings. The molecule has 3 fully saturated rings. The van der Waals surface area contributed by atoms with Crippen LogP contribution in [0.2, 0.25) is 0 Å². The van der Waals surface area contributed by atoms with Gasteiger partial charge in [0.15, 0.2) is 12.1 Å². The maximum Gasteiger partial charge on any atom is 0.239 e. The average Bonchev–Trinajstić information content (AvgIpc) is 3.58. The Balaban J connectivity index is 1.27. The van der Waals surface area contributed by atoms with Gasteiger partial charge in [0.1, 0.15) is 76.0 Å². The summed E-state index contributed by atoms with van der Waals surface area (Å²) in [4.78, 5) is 13.9. The van der Waals surface area contributed by atoms with E-state index in [2.05, 4.69) is 0 Å². The lowest BCUT2D eigenvalue weighted by Gasteiger charge is -2.39. The molecule has 3 aromatic rings. The van der Waals surface area contributed by atoms with Crippen molar-refractivity contribution in [1.82, 2.24) is 0 Å². The van der Waals surface area contributed by atoms with Gasteiger partial charge < -0.3 is 88.6 Å². The lowest BCUT2D eigenvalue weighted by molar-refractivity contribution is -0.277. The maximum atomic E-state index is 13.9. The molecule has 280 valence electrons. The Labute approximate surface area is 287 Å². The second-order valence-electron chi connectivity index (χ2n) is 12.5. The zero-order valence-electron chi connectivity index (χ0n) is 26.8. The molecule has 19 heteroatoms. The van der Waals surface area contributed by atoms with Crippen LogP contribution in [0.3, 0.4) is 0 Å². The van der Waals surface area contributed by atoms with Gasteiger partial charge in [-0.2, -0.15) is 0 Å². The summed E-state index contributed by atoms with van der Waals surface area (Å²) in [6, 6.07) is 8.08. The Bertz CT molecular complexity index is 1750. The van der Waals surface area contributed by atoms with Crippen LogP contribution in [-0.4, -0.2) is 158 Å². The summed E-state index contributed by atoms with van der Waals surface area (Å²) in [7, 11) is 1.33. The number of rotatable bonds is 11. The molecule has 19 nitrogen and oxygen atoms in total. The predicted octanol–water partition coefficient (Wildman–Crippen LogP) is -3.36. The van der Waals surface area contributed by atoms with Gasteiger partial charge >= 0.3 is 0 Å². The zero-order chi connectivity index (χ0) is 36.8. The topological polar surface area (TPSA) is 297 Å². The van der Waals surface area contributed by atoms with E-state index in [0.717, 1.165) is 0 Å². The molecular weight excluding hydrogens is 688 g/mol. The van der Waals surface area contributed by atoms with Gasteiger partial charge in [0, 0.05) is 17.7 Å². The molecule has 0 amide bonds. The first-order valence-electron chi connectivity index (χ1n) is 15.6. The van der Waals surface area contributed by atoms with E-state index in [1.165, 1.54) is 43.5 Å². The third kappa shape index (κ3) is 6.84. The van der Waals surface area contributed by atoms with Crippen molar-refractivity contribution in [3.8, 4) is 34.3 Å². The predicted molar refractivity (Wildman–Crippen MR) is 166 cm³/mol. The fourth-order valence-corrected chi connectivity index (χ4v) is 5.82. The molecule has 11 atom stereocenters. The van der Waals surface area contributed by atoms with Crippen molar-refractivity contribution in [3.05, 3.63) is 46.6 Å². The molecule has 3 aliphatic heterocycles. The summed E-state index contributed by atoms with van der Waals surface area (Å²) < 4.78 is 44.1. The number of benzene rings is 2. The number of aliphatic hydroxyl groups excluding tert-OH is 7. The Morgan fingerprint density at radius 3 is 2.14 bits per heavy atom. The fourth-order valence-electron chi connectivity index (χ4n) is 5.82. The lowest BCUT2D eigenvalue weighted by Crippen LogP contribution is -2.60. The Morgan fingerprint density at radius 1 is 0.824 bits per heavy atom. The Kier molecular flexibility index (Phi) is 10.5. The lowest BCUT2D eigenvalue weighted by atomic mass is 9.99. The molecule has 0 radical (unpaired) electrons. The molecule has 51 heavy (non-hydrogen) atoms. The van der Waals surface area contributed by atoms with Gasteiger partial charge in [0.25, 0.3) is 0 Å². The fraction of sp³-hybridized carbons (Fsp3) is 0.531. The molecule has 1 aromatic heterocycles. The average molecular weight is 727 g/mol. The first-order valence-corrected chi connectivity index (χ1v) is 15.6. The number of methoxy groups -OCH3 is 1. The number of aromatic hydroxyl groups is 1. The van der Waals surface area contributed by atoms with Crippen LogP contribution in [0.4, 0.5) is 0 Å². The summed E-state index contributed by atoms with van der Waals surface area (Å²) in [5, 5.41) is 102. The molecule has 0 aliphatic carbocycles. The number of hydrogen-bond donors (Lipinski definition) is 10. The summed E-state index contributed by atoms with van der Waals surface area (Å²) in [6.45, 7) is -3.24. The molecule has 0 saturated carbocycles. The molecule has 0 bridgehead atoms. The van der Waals surface area contributed by atoms with E-state index in [0.29, 0.717) is 0 Å². The van der Waals surface area contributed by atoms with Crippen LogP contribution in [0.1, 0.15) is 0 Å². The van der Waals surface area contributed by atoms with Crippen LogP contribution in [-0.2, 0) is 18.9 Å². The molecule has 0 spiro atoms. The maximum absolute atomic E-state index is 13.9. The number of phenols is 1. The summed E-state index contributed by atoms with van der Waals surface area (Å²) >= 11 is 0. The van der Waals surface area contributed by atoms with Crippen molar-refractivity contribution in [1.29, 1.82) is 0 Å². The van der Waals surface area contributed by atoms with Crippen molar-refractivity contribution < 1.29 is 88.6 Å². The Hall–Kier alpha value is -3.67. The van der Waals surface area contributed by atoms with Crippen LogP contribution in [0.25, 0.3) is 22.3 Å². The first kappa shape index (κ1) is 37.1. The minimum absolute atomic E-state index is 0.0846. The zero-order valence-corrected chi connectivity index (χ0v) is 26.8. The normalized spacial score (nSPS) is 35.3. The van der Waals surface area contributed by atoms with Crippen LogP contribution in [0, 0.1) is 0 Å². The molecule has 4 heterocycles. The van der Waals surface area contributed by atoms with E-state index < -0.39 is 117 Å². The van der Waals surface area contributed by atoms with E-state index in [1.807, 2.05) is 0 Å². The van der Waals surface area contributed by atoms with Gasteiger partial charge in [0.05, 0.1) is 40.1 Å². The van der Waals surface area contributed by atoms with E-state index in [-0.39, 0.29) is 33.8 Å². The van der Waals surface area contributed by atoms with Gasteiger partial charge in [-0.3, -0.25) is 4.79 Å². The second kappa shape index (κ2) is 14.4. The monoisotopic (exact) mass is 726 g/mol. The minimum atomic E-state index is -2.18. The molecule has 3 saturated heterocycles. The molecule has 11 unspecified atom stereocenters. The van der Waals surface area contributed by atoms with Crippen molar-refractivity contribution in [2.24, 2.45) is 0 Å². The van der Waals surface area contributed by atoms with E-state index in [9.17, 15) is 55.9 Å². The minimum Gasteiger partial charge on any atom is -0.507 e. The largest absolute Gasteiger partial charge is 0.507 e. The number of aliphatic hydroxyl groups is 9. The van der Waals surface area contributed by atoms with Gasteiger partial charge in [-0.1, -0.05) is 0 Å². The number of fused-ring (bicyclic) bond motifs is 1. The molecule has 2 aromatic carbocycles. The summed E-state index contributed by atoms with van der Waals surface area (Å²) in [6.07, 6.45) is -14.4. The number of ether oxygens (including phenoxy) is 7. The first-order chi connectivity index (χ1) is 24.2. The van der Waals surface area contributed by atoms with Crippen molar-refractivity contribution in [3.63, 3.8) is 0 Å². The Morgan fingerprint density at radius 2 is 1.49 bits per heavy atom. The highest BCUT2D eigenvalue weighted by Crippen LogP contribution is 2.39.